The van der Waals surface area contributed by atoms with Crippen LogP contribution in [0.4, 0.5) is 15.0 Å². The summed E-state index contributed by atoms with van der Waals surface area (Å²) in [5, 5.41) is 0.0330. The highest BCUT2D eigenvalue weighted by Gasteiger charge is 2.53. The number of aromatic nitrogens is 3. The number of halogens is 2. The van der Waals surface area contributed by atoms with Crippen LogP contribution in [0.1, 0.15) is 54.4 Å². The molecule has 0 spiro atoms. The van der Waals surface area contributed by atoms with Crippen molar-refractivity contribution in [2.24, 2.45) is 5.92 Å². The number of hydrogen-bond donors (Lipinski definition) is 0. The van der Waals surface area contributed by atoms with Crippen molar-refractivity contribution in [3.63, 3.8) is 0 Å². The van der Waals surface area contributed by atoms with E-state index in [0.29, 0.717) is 37.0 Å². The van der Waals surface area contributed by atoms with Gasteiger partial charge in [0.2, 0.25) is 5.88 Å². The molecule has 3 saturated heterocycles. The van der Waals surface area contributed by atoms with Crippen molar-refractivity contribution in [3.05, 3.63) is 11.0 Å². The van der Waals surface area contributed by atoms with Crippen molar-refractivity contribution in [1.82, 2.24) is 24.8 Å². The molecule has 6 atom stereocenters. The molecule has 2 aromatic rings. The van der Waals surface area contributed by atoms with E-state index in [1.165, 1.54) is 0 Å². The topological polar surface area (TPSA) is 102 Å². The summed E-state index contributed by atoms with van der Waals surface area (Å²) in [6.45, 7) is 15.8. The third kappa shape index (κ3) is 5.41. The highest BCUT2D eigenvalue weighted by Crippen LogP contribution is 2.46. The average molecular weight is 607 g/mol. The summed E-state index contributed by atoms with van der Waals surface area (Å²) in [4.78, 5) is 33.2. The Labute approximate surface area is 250 Å². The van der Waals surface area contributed by atoms with Crippen molar-refractivity contribution >= 4 is 34.4 Å². The van der Waals surface area contributed by atoms with Crippen LogP contribution in [0.25, 0.3) is 10.9 Å². The van der Waals surface area contributed by atoms with Gasteiger partial charge in [0, 0.05) is 31.6 Å². The summed E-state index contributed by atoms with van der Waals surface area (Å²) < 4.78 is 39.3. The molecule has 13 heteroatoms. The van der Waals surface area contributed by atoms with Gasteiger partial charge in [-0.3, -0.25) is 9.80 Å². The summed E-state index contributed by atoms with van der Waals surface area (Å²) in [5.74, 6) is 0.0886. The maximum Gasteiger partial charge on any atom is 0.410 e. The van der Waals surface area contributed by atoms with E-state index in [1.54, 1.807) is 0 Å². The van der Waals surface area contributed by atoms with Gasteiger partial charge in [-0.15, -0.1) is 0 Å². The molecule has 0 saturated carbocycles. The maximum atomic E-state index is 15.5. The van der Waals surface area contributed by atoms with Gasteiger partial charge in [0.25, 0.3) is 0 Å². The predicted molar refractivity (Wildman–Crippen MR) is 155 cm³/mol. The number of ether oxygens (including phenoxy) is 4. The van der Waals surface area contributed by atoms with E-state index in [4.69, 9.17) is 35.5 Å². The van der Waals surface area contributed by atoms with Gasteiger partial charge in [-0.05, 0) is 47.5 Å². The van der Waals surface area contributed by atoms with Gasteiger partial charge in [-0.2, -0.15) is 15.0 Å². The SMILES string of the molecule is C[C@@H](COc1nc2c3c(nc(Cl)c(F)c3n1)O[C@@H](C)[C@@H]1[C@@H]3CC[C@H](CN21)N3C(=O)OC(C)(C)C)CN1CCOC[C@H]1C. The fraction of sp³-hybridized carbons (Fsp3) is 0.724. The van der Waals surface area contributed by atoms with Crippen molar-refractivity contribution in [2.45, 2.75) is 90.3 Å². The highest BCUT2D eigenvalue weighted by atomic mass is 35.5. The summed E-state index contributed by atoms with van der Waals surface area (Å²) in [7, 11) is 0. The summed E-state index contributed by atoms with van der Waals surface area (Å²) in [5.41, 5.74) is -0.607. The van der Waals surface area contributed by atoms with E-state index in [1.807, 2.05) is 32.6 Å². The number of anilines is 1. The fourth-order valence-corrected chi connectivity index (χ4v) is 6.92. The Balaban J connectivity index is 1.33. The lowest BCUT2D eigenvalue weighted by Gasteiger charge is -2.48. The van der Waals surface area contributed by atoms with Crippen molar-refractivity contribution < 1.29 is 28.1 Å². The third-order valence-corrected chi connectivity index (χ3v) is 8.83. The largest absolute Gasteiger partial charge is 0.472 e. The van der Waals surface area contributed by atoms with Gasteiger partial charge in [0.15, 0.2) is 11.0 Å². The van der Waals surface area contributed by atoms with Crippen LogP contribution in [-0.4, -0.2) is 106 Å². The molecule has 4 aliphatic heterocycles. The molecule has 0 aliphatic carbocycles. The quantitative estimate of drug-likeness (QED) is 0.458. The number of carbonyl (C=O) groups is 1. The lowest BCUT2D eigenvalue weighted by molar-refractivity contribution is -0.00910. The number of piperazine rings is 1. The molecule has 42 heavy (non-hydrogen) atoms. The third-order valence-electron chi connectivity index (χ3n) is 8.58. The monoisotopic (exact) mass is 606 g/mol. The van der Waals surface area contributed by atoms with Gasteiger partial charge >= 0.3 is 12.1 Å². The van der Waals surface area contributed by atoms with E-state index in [-0.39, 0.29) is 52.7 Å². The molecule has 1 amide bonds. The van der Waals surface area contributed by atoms with E-state index < -0.39 is 17.5 Å². The second-order valence-corrected chi connectivity index (χ2v) is 13.4. The number of carbonyl (C=O) groups excluding carboxylic acids is 1. The van der Waals surface area contributed by atoms with Crippen LogP contribution in [-0.2, 0) is 9.47 Å². The first-order valence-corrected chi connectivity index (χ1v) is 15.2. The molecular formula is C29H40ClFN6O5. The molecule has 0 radical (unpaired) electrons. The minimum absolute atomic E-state index is 0.00854. The molecule has 0 aromatic carbocycles. The standard InChI is InChI=1S/C29H40ClFN6O5/c1-15(11-35-9-10-39-14-16(35)2)13-40-27-32-22-20-25(34-27)36-12-18-7-8-19(37(18)28(38)42-29(4,5)6)23(36)17(3)41-26(20)33-24(30)21(22)31/h15-19,23H,7-14H2,1-6H3/t15-,16-,17+,18-,19+,23-/m1/s1. The molecule has 3 fully saturated rings. The highest BCUT2D eigenvalue weighted by molar-refractivity contribution is 6.30. The number of morpholine rings is 1. The summed E-state index contributed by atoms with van der Waals surface area (Å²) in [6, 6.07) is -0.151. The number of fused-ring (bicyclic) bond motifs is 5. The van der Waals surface area contributed by atoms with Gasteiger partial charge in [0.1, 0.15) is 28.4 Å². The fourth-order valence-electron chi connectivity index (χ4n) is 6.76. The molecule has 11 nitrogen and oxygen atoms in total. The van der Waals surface area contributed by atoms with Gasteiger partial charge < -0.3 is 23.8 Å². The van der Waals surface area contributed by atoms with E-state index in [2.05, 4.69) is 33.6 Å². The zero-order valence-corrected chi connectivity index (χ0v) is 25.9. The Hall–Kier alpha value is -2.70. The van der Waals surface area contributed by atoms with Crippen molar-refractivity contribution in [1.29, 1.82) is 0 Å². The normalized spacial score (nSPS) is 28.2. The molecule has 2 bridgehead atoms. The second kappa shape index (κ2) is 11.1. The molecule has 2 aromatic heterocycles. The lowest BCUT2D eigenvalue weighted by Crippen LogP contribution is -2.65. The second-order valence-electron chi connectivity index (χ2n) is 13.1. The van der Waals surface area contributed by atoms with Gasteiger partial charge in [-0.1, -0.05) is 18.5 Å². The Morgan fingerprint density at radius 2 is 2.00 bits per heavy atom. The molecule has 4 aliphatic rings. The van der Waals surface area contributed by atoms with Gasteiger partial charge in [-0.25, -0.2) is 9.18 Å². The Bertz CT molecular complexity index is 1360. The van der Waals surface area contributed by atoms with Crippen LogP contribution in [0.15, 0.2) is 0 Å². The average Bonchev–Trinajstić information content (AvgIpc) is 3.17. The molecule has 0 N–H and O–H groups in total. The lowest BCUT2D eigenvalue weighted by atomic mass is 9.98. The number of rotatable bonds is 5. The predicted octanol–water partition coefficient (Wildman–Crippen LogP) is 4.29. The van der Waals surface area contributed by atoms with E-state index in [9.17, 15) is 4.79 Å². The minimum Gasteiger partial charge on any atom is -0.472 e. The minimum atomic E-state index is -0.746. The Morgan fingerprint density at radius 1 is 1.21 bits per heavy atom. The summed E-state index contributed by atoms with van der Waals surface area (Å²) >= 11 is 6.23. The van der Waals surface area contributed by atoms with Crippen LogP contribution in [0.2, 0.25) is 5.15 Å². The smallest absolute Gasteiger partial charge is 0.410 e. The Morgan fingerprint density at radius 3 is 2.74 bits per heavy atom. The molecule has 6 rings (SSSR count). The molecule has 230 valence electrons. The zero-order chi connectivity index (χ0) is 29.9. The first-order chi connectivity index (χ1) is 19.9. The zero-order valence-electron chi connectivity index (χ0n) is 25.1. The number of hydrogen-bond acceptors (Lipinski definition) is 10. The van der Waals surface area contributed by atoms with Crippen LogP contribution in [0, 0.1) is 11.7 Å². The van der Waals surface area contributed by atoms with E-state index in [0.717, 1.165) is 32.5 Å². The van der Waals surface area contributed by atoms with E-state index >= 15 is 4.39 Å². The summed E-state index contributed by atoms with van der Waals surface area (Å²) in [6.07, 6.45) is 0.854. The molecule has 0 unspecified atom stereocenters. The number of nitrogens with zero attached hydrogens (tertiary/aromatic N) is 6. The van der Waals surface area contributed by atoms with Gasteiger partial charge in [0.05, 0.1) is 37.9 Å². The Kier molecular flexibility index (Phi) is 7.76. The number of pyridine rings is 1. The van der Waals surface area contributed by atoms with Crippen LogP contribution in [0.3, 0.4) is 0 Å². The van der Waals surface area contributed by atoms with Crippen LogP contribution in [0.5, 0.6) is 11.9 Å². The first-order valence-electron chi connectivity index (χ1n) is 14.9. The maximum absolute atomic E-state index is 15.5. The van der Waals surface area contributed by atoms with Crippen molar-refractivity contribution in [2.75, 3.05) is 44.4 Å². The first kappa shape index (κ1) is 29.4. The van der Waals surface area contributed by atoms with Crippen LogP contribution < -0.4 is 14.4 Å². The van der Waals surface area contributed by atoms with Crippen molar-refractivity contribution in [3.8, 4) is 11.9 Å². The molecular weight excluding hydrogens is 567 g/mol. The number of amides is 1. The van der Waals surface area contributed by atoms with Crippen LogP contribution >= 0.6 is 11.6 Å². The molecule has 6 heterocycles.